The summed E-state index contributed by atoms with van der Waals surface area (Å²) in [5, 5.41) is 6.05. The van der Waals surface area contributed by atoms with Crippen molar-refractivity contribution < 1.29 is 13.9 Å². The lowest BCUT2D eigenvalue weighted by Crippen LogP contribution is -2.50. The molecule has 31 heavy (non-hydrogen) atoms. The summed E-state index contributed by atoms with van der Waals surface area (Å²) in [6.45, 7) is 4.11. The molecule has 1 fully saturated rings. The standard InChI is InChI=1S/C25H27FN2O2.ClH/c1-18(23-8-4-6-20-5-2-3-7-24(20)23)27-15-22-16-28(25(29)17-30-22)14-13-19-9-11-21(26)12-10-19;/h2-12,18,22,27H,13-17H2,1H3;1H/t18-,22?;/m1./s1. The zero-order valence-corrected chi connectivity index (χ0v) is 18.4. The zero-order valence-electron chi connectivity index (χ0n) is 17.6. The van der Waals surface area contributed by atoms with E-state index in [2.05, 4.69) is 54.7 Å². The Balaban J connectivity index is 0.00000272. The monoisotopic (exact) mass is 442 g/mol. The molecule has 1 saturated heterocycles. The van der Waals surface area contributed by atoms with Gasteiger partial charge in [0.05, 0.1) is 6.10 Å². The highest BCUT2D eigenvalue weighted by Gasteiger charge is 2.26. The van der Waals surface area contributed by atoms with Crippen molar-refractivity contribution in [3.8, 4) is 0 Å². The van der Waals surface area contributed by atoms with Crippen molar-refractivity contribution in [2.75, 3.05) is 26.2 Å². The lowest BCUT2D eigenvalue weighted by atomic mass is 9.99. The third kappa shape index (κ3) is 5.82. The maximum Gasteiger partial charge on any atom is 0.248 e. The Morgan fingerprint density at radius 1 is 1.10 bits per heavy atom. The normalized spacial score (nSPS) is 17.4. The van der Waals surface area contributed by atoms with Gasteiger partial charge in [-0.3, -0.25) is 4.79 Å². The van der Waals surface area contributed by atoms with E-state index in [4.69, 9.17) is 4.74 Å². The van der Waals surface area contributed by atoms with Gasteiger partial charge in [-0.15, -0.1) is 12.4 Å². The molecule has 3 aromatic rings. The number of hydrogen-bond acceptors (Lipinski definition) is 3. The smallest absolute Gasteiger partial charge is 0.248 e. The van der Waals surface area contributed by atoms with Gasteiger partial charge in [-0.2, -0.15) is 0 Å². The first-order valence-electron chi connectivity index (χ1n) is 10.4. The Hall–Kier alpha value is -2.47. The van der Waals surface area contributed by atoms with Crippen molar-refractivity contribution >= 4 is 29.1 Å². The fourth-order valence-corrected chi connectivity index (χ4v) is 3.98. The number of nitrogens with one attached hydrogen (secondary N) is 1. The Morgan fingerprint density at radius 3 is 2.65 bits per heavy atom. The lowest BCUT2D eigenvalue weighted by Gasteiger charge is -2.33. The molecule has 1 aliphatic rings. The van der Waals surface area contributed by atoms with Crippen molar-refractivity contribution in [1.29, 1.82) is 0 Å². The number of amides is 1. The first-order valence-corrected chi connectivity index (χ1v) is 10.4. The number of carbonyl (C=O) groups is 1. The van der Waals surface area contributed by atoms with Crippen LogP contribution in [0.1, 0.15) is 24.1 Å². The van der Waals surface area contributed by atoms with Crippen molar-refractivity contribution in [2.24, 2.45) is 0 Å². The molecule has 0 radical (unpaired) electrons. The number of rotatable bonds is 7. The minimum atomic E-state index is -0.243. The van der Waals surface area contributed by atoms with Crippen LogP contribution < -0.4 is 5.32 Å². The van der Waals surface area contributed by atoms with Gasteiger partial charge >= 0.3 is 0 Å². The second-order valence-corrected chi connectivity index (χ2v) is 7.85. The predicted molar refractivity (Wildman–Crippen MR) is 124 cm³/mol. The van der Waals surface area contributed by atoms with Crippen LogP contribution in [0.5, 0.6) is 0 Å². The van der Waals surface area contributed by atoms with Crippen LogP contribution in [0.3, 0.4) is 0 Å². The number of fused-ring (bicyclic) bond motifs is 1. The fourth-order valence-electron chi connectivity index (χ4n) is 3.98. The summed E-state index contributed by atoms with van der Waals surface area (Å²) < 4.78 is 18.8. The molecule has 2 atom stereocenters. The first kappa shape index (κ1) is 23.2. The van der Waals surface area contributed by atoms with Gasteiger partial charge in [-0.1, -0.05) is 54.6 Å². The summed E-state index contributed by atoms with van der Waals surface area (Å²) in [7, 11) is 0. The second-order valence-electron chi connectivity index (χ2n) is 7.85. The van der Waals surface area contributed by atoms with Crippen LogP contribution in [0, 0.1) is 5.82 Å². The summed E-state index contributed by atoms with van der Waals surface area (Å²) >= 11 is 0. The molecule has 0 spiro atoms. The summed E-state index contributed by atoms with van der Waals surface area (Å²) in [4.78, 5) is 14.1. The van der Waals surface area contributed by atoms with Crippen LogP contribution in [0.25, 0.3) is 10.8 Å². The summed E-state index contributed by atoms with van der Waals surface area (Å²) in [5.74, 6) is -0.233. The third-order valence-electron chi connectivity index (χ3n) is 5.74. The molecule has 6 heteroatoms. The summed E-state index contributed by atoms with van der Waals surface area (Å²) in [5.41, 5.74) is 2.28. The van der Waals surface area contributed by atoms with Crippen LogP contribution in [-0.4, -0.2) is 43.2 Å². The van der Waals surface area contributed by atoms with E-state index in [9.17, 15) is 9.18 Å². The van der Waals surface area contributed by atoms with Crippen molar-refractivity contribution in [3.63, 3.8) is 0 Å². The molecule has 1 aliphatic heterocycles. The van der Waals surface area contributed by atoms with E-state index in [1.807, 2.05) is 4.90 Å². The summed E-state index contributed by atoms with van der Waals surface area (Å²) in [6, 6.07) is 21.4. The zero-order chi connectivity index (χ0) is 20.9. The molecule has 1 heterocycles. The van der Waals surface area contributed by atoms with E-state index >= 15 is 0 Å². The maximum atomic E-state index is 13.1. The molecular weight excluding hydrogens is 415 g/mol. The molecule has 4 rings (SSSR count). The van der Waals surface area contributed by atoms with E-state index in [1.54, 1.807) is 12.1 Å². The van der Waals surface area contributed by atoms with Gasteiger partial charge in [0.15, 0.2) is 0 Å². The molecule has 0 saturated carbocycles. The van der Waals surface area contributed by atoms with Crippen molar-refractivity contribution in [2.45, 2.75) is 25.5 Å². The number of halogens is 2. The van der Waals surface area contributed by atoms with E-state index in [0.717, 1.165) is 5.56 Å². The van der Waals surface area contributed by atoms with E-state index in [1.165, 1.54) is 28.5 Å². The average molecular weight is 443 g/mol. The topological polar surface area (TPSA) is 41.6 Å². The number of benzene rings is 3. The molecule has 1 amide bonds. The number of nitrogens with zero attached hydrogens (tertiary/aromatic N) is 1. The quantitative estimate of drug-likeness (QED) is 0.584. The van der Waals surface area contributed by atoms with Gasteiger partial charge in [-0.05, 0) is 47.4 Å². The Morgan fingerprint density at radius 2 is 1.84 bits per heavy atom. The van der Waals surface area contributed by atoms with Crippen molar-refractivity contribution in [3.05, 3.63) is 83.7 Å². The minimum absolute atomic E-state index is 0. The minimum Gasteiger partial charge on any atom is -0.365 e. The van der Waals surface area contributed by atoms with E-state index < -0.39 is 0 Å². The largest absolute Gasteiger partial charge is 0.365 e. The molecule has 4 nitrogen and oxygen atoms in total. The molecule has 1 unspecified atom stereocenters. The maximum absolute atomic E-state index is 13.1. The fraction of sp³-hybridized carbons (Fsp3) is 0.320. The molecule has 0 aliphatic carbocycles. The molecule has 164 valence electrons. The highest BCUT2D eigenvalue weighted by atomic mass is 35.5. The van der Waals surface area contributed by atoms with Crippen LogP contribution in [-0.2, 0) is 16.0 Å². The molecule has 3 aromatic carbocycles. The number of hydrogen-bond donors (Lipinski definition) is 1. The molecule has 0 aromatic heterocycles. The van der Waals surface area contributed by atoms with E-state index in [0.29, 0.717) is 26.1 Å². The lowest BCUT2D eigenvalue weighted by molar-refractivity contribution is -0.148. The Bertz CT molecular complexity index is 1010. The molecule has 0 bridgehead atoms. The van der Waals surface area contributed by atoms with Crippen LogP contribution in [0.15, 0.2) is 66.7 Å². The Labute approximate surface area is 188 Å². The van der Waals surface area contributed by atoms with Gasteiger partial charge in [-0.25, -0.2) is 4.39 Å². The second kappa shape index (κ2) is 10.7. The van der Waals surface area contributed by atoms with Gasteiger partial charge in [0.25, 0.3) is 0 Å². The van der Waals surface area contributed by atoms with Crippen molar-refractivity contribution in [1.82, 2.24) is 10.2 Å². The average Bonchev–Trinajstić information content (AvgIpc) is 2.78. The van der Waals surface area contributed by atoms with Gasteiger partial charge < -0.3 is 15.0 Å². The molecular formula is C25H28ClFN2O2. The van der Waals surface area contributed by atoms with Gasteiger partial charge in [0.1, 0.15) is 12.4 Å². The SMILES string of the molecule is C[C@@H](NCC1CN(CCc2ccc(F)cc2)C(=O)CO1)c1cccc2ccccc12.Cl. The van der Waals surface area contributed by atoms with E-state index in [-0.39, 0.29) is 42.9 Å². The highest BCUT2D eigenvalue weighted by molar-refractivity contribution is 5.86. The number of carbonyl (C=O) groups excluding carboxylic acids is 1. The first-order chi connectivity index (χ1) is 14.6. The van der Waals surface area contributed by atoms with Crippen LogP contribution in [0.2, 0.25) is 0 Å². The Kier molecular flexibility index (Phi) is 8.02. The number of ether oxygens (including phenoxy) is 1. The van der Waals surface area contributed by atoms with Gasteiger partial charge in [0, 0.05) is 25.7 Å². The third-order valence-corrected chi connectivity index (χ3v) is 5.74. The predicted octanol–water partition coefficient (Wildman–Crippen LogP) is 4.52. The molecule has 1 N–H and O–H groups in total. The van der Waals surface area contributed by atoms with Crippen LogP contribution >= 0.6 is 12.4 Å². The van der Waals surface area contributed by atoms with Gasteiger partial charge in [0.2, 0.25) is 5.91 Å². The number of morpholine rings is 1. The summed E-state index contributed by atoms with van der Waals surface area (Å²) in [6.07, 6.45) is 0.659. The van der Waals surface area contributed by atoms with Crippen LogP contribution in [0.4, 0.5) is 4.39 Å². The highest BCUT2D eigenvalue weighted by Crippen LogP contribution is 2.24.